The number of pyridine rings is 1. The molecule has 0 saturated carbocycles. The van der Waals surface area contributed by atoms with E-state index in [0.29, 0.717) is 27.7 Å². The summed E-state index contributed by atoms with van der Waals surface area (Å²) >= 11 is 5.98. The normalized spacial score (nSPS) is 13.3. The number of hydrogen-bond donors (Lipinski definition) is 3. The number of halogens is 5. The Morgan fingerprint density at radius 2 is 1.91 bits per heavy atom. The molecule has 0 aliphatic carbocycles. The Labute approximate surface area is 196 Å². The second-order valence-electron chi connectivity index (χ2n) is 7.49. The first kappa shape index (κ1) is 24.0. The van der Waals surface area contributed by atoms with E-state index >= 15 is 4.39 Å². The van der Waals surface area contributed by atoms with Crippen molar-refractivity contribution in [2.24, 2.45) is 0 Å². The lowest BCUT2D eigenvalue weighted by Gasteiger charge is -2.18. The van der Waals surface area contributed by atoms with Crippen LogP contribution in [0.3, 0.4) is 0 Å². The Balaban J connectivity index is 1.74. The number of anilines is 1. The Hall–Kier alpha value is -3.15. The van der Waals surface area contributed by atoms with Crippen LogP contribution in [0.4, 0.5) is 23.2 Å². The molecule has 4 rings (SSSR count). The van der Waals surface area contributed by atoms with Gasteiger partial charge in [-0.3, -0.25) is 4.72 Å². The minimum Gasteiger partial charge on any atom is -0.383 e. The highest BCUT2D eigenvalue weighted by atomic mass is 35.5. The monoisotopic (exact) mass is 513 g/mol. The number of rotatable bonds is 5. The predicted octanol–water partition coefficient (Wildman–Crippen LogP) is 5.57. The fourth-order valence-corrected chi connectivity index (χ4v) is 4.79. The summed E-state index contributed by atoms with van der Waals surface area (Å²) in [5.41, 5.74) is -0.945. The average Bonchev–Trinajstić information content (AvgIpc) is 3.18. The topological polar surface area (TPSA) is 95.1 Å². The molecule has 0 fully saturated rings. The van der Waals surface area contributed by atoms with Crippen molar-refractivity contribution in [2.75, 3.05) is 4.72 Å². The van der Waals surface area contributed by atoms with Crippen LogP contribution in [0.25, 0.3) is 11.0 Å². The molecule has 2 aromatic heterocycles. The van der Waals surface area contributed by atoms with Crippen LogP contribution in [-0.4, -0.2) is 23.5 Å². The number of alkyl halides is 3. The lowest BCUT2D eigenvalue weighted by Crippen LogP contribution is -2.17. The fraction of sp³-hybridized carbons (Fsp3) is 0.136. The van der Waals surface area contributed by atoms with Crippen LogP contribution in [0, 0.1) is 12.7 Å². The van der Waals surface area contributed by atoms with E-state index in [4.69, 9.17) is 11.6 Å². The molecule has 0 bridgehead atoms. The van der Waals surface area contributed by atoms with Crippen LogP contribution < -0.4 is 4.72 Å². The van der Waals surface area contributed by atoms with Gasteiger partial charge in [0.1, 0.15) is 11.8 Å². The van der Waals surface area contributed by atoms with Crippen LogP contribution in [-0.2, 0) is 16.2 Å². The van der Waals surface area contributed by atoms with E-state index in [-0.39, 0.29) is 11.1 Å². The van der Waals surface area contributed by atoms with Crippen LogP contribution >= 0.6 is 11.6 Å². The SMILES string of the molecule is Cc1ccc(NS(=O)(=O)c2cccc(C(F)(F)F)c2)c(F)c1C(O)c1c[nH]c2ncc(Cl)cc12. The first-order valence-electron chi connectivity index (χ1n) is 9.68. The third kappa shape index (κ3) is 4.46. The van der Waals surface area contributed by atoms with Crippen LogP contribution in [0.2, 0.25) is 5.02 Å². The Kier molecular flexibility index (Phi) is 6.05. The van der Waals surface area contributed by atoms with Gasteiger partial charge in [0.15, 0.2) is 5.82 Å². The number of sulfonamides is 1. The van der Waals surface area contributed by atoms with Crippen LogP contribution in [0.15, 0.2) is 59.8 Å². The molecule has 2 aromatic carbocycles. The molecule has 1 atom stereocenters. The standard InChI is InChI=1S/C22H16ClF4N3O3S/c1-11-5-6-17(30-34(32,33)14-4-2-3-12(7-14)22(25,26)27)19(24)18(11)20(31)16-10-29-21-15(16)8-13(23)9-28-21/h2-10,20,30-31H,1H3,(H,28,29). The smallest absolute Gasteiger partial charge is 0.383 e. The molecule has 178 valence electrons. The third-order valence-corrected chi connectivity index (χ3v) is 6.78. The van der Waals surface area contributed by atoms with Crippen molar-refractivity contribution >= 4 is 38.3 Å². The van der Waals surface area contributed by atoms with E-state index in [1.165, 1.54) is 31.5 Å². The number of H-pyrrole nitrogens is 1. The van der Waals surface area contributed by atoms with Crippen LogP contribution in [0.1, 0.15) is 28.4 Å². The first-order valence-corrected chi connectivity index (χ1v) is 11.5. The zero-order valence-electron chi connectivity index (χ0n) is 17.3. The molecule has 3 N–H and O–H groups in total. The van der Waals surface area contributed by atoms with Gasteiger partial charge in [-0.1, -0.05) is 23.7 Å². The lowest BCUT2D eigenvalue weighted by atomic mass is 9.96. The molecule has 2 heterocycles. The zero-order chi connectivity index (χ0) is 24.8. The summed E-state index contributed by atoms with van der Waals surface area (Å²) in [7, 11) is -4.57. The van der Waals surface area contributed by atoms with Gasteiger partial charge in [0.25, 0.3) is 10.0 Å². The van der Waals surface area contributed by atoms with Gasteiger partial charge in [0.05, 0.1) is 21.2 Å². The van der Waals surface area contributed by atoms with Crippen LogP contribution in [0.5, 0.6) is 0 Å². The second kappa shape index (κ2) is 8.57. The summed E-state index contributed by atoms with van der Waals surface area (Å²) in [4.78, 5) is 6.23. The van der Waals surface area contributed by atoms with E-state index in [1.54, 1.807) is 0 Å². The van der Waals surface area contributed by atoms with E-state index in [9.17, 15) is 26.7 Å². The van der Waals surface area contributed by atoms with Gasteiger partial charge < -0.3 is 10.1 Å². The summed E-state index contributed by atoms with van der Waals surface area (Å²) in [5, 5.41) is 11.7. The first-order chi connectivity index (χ1) is 15.9. The molecule has 0 saturated heterocycles. The molecule has 0 amide bonds. The summed E-state index contributed by atoms with van der Waals surface area (Å²) in [6.45, 7) is 1.52. The third-order valence-electron chi connectivity index (χ3n) is 5.21. The maximum absolute atomic E-state index is 15.5. The quantitative estimate of drug-likeness (QED) is 0.304. The predicted molar refractivity (Wildman–Crippen MR) is 119 cm³/mol. The van der Waals surface area contributed by atoms with E-state index in [0.717, 1.165) is 24.3 Å². The number of benzene rings is 2. The van der Waals surface area contributed by atoms with Crippen molar-refractivity contribution in [1.82, 2.24) is 9.97 Å². The Morgan fingerprint density at radius 1 is 1.18 bits per heavy atom. The number of aromatic amines is 1. The zero-order valence-corrected chi connectivity index (χ0v) is 18.9. The van der Waals surface area contributed by atoms with Crippen molar-refractivity contribution in [3.8, 4) is 0 Å². The summed E-state index contributed by atoms with van der Waals surface area (Å²) in [5.74, 6) is -1.08. The second-order valence-corrected chi connectivity index (χ2v) is 9.60. The molecule has 34 heavy (non-hydrogen) atoms. The summed E-state index contributed by atoms with van der Waals surface area (Å²) < 4.78 is 81.8. The van der Waals surface area contributed by atoms with Crippen molar-refractivity contribution < 1.29 is 31.1 Å². The highest BCUT2D eigenvalue weighted by molar-refractivity contribution is 7.92. The van der Waals surface area contributed by atoms with Crippen molar-refractivity contribution in [1.29, 1.82) is 0 Å². The molecule has 12 heteroatoms. The van der Waals surface area contributed by atoms with Crippen molar-refractivity contribution in [3.05, 3.63) is 88.0 Å². The number of aliphatic hydroxyl groups excluding tert-OH is 1. The number of aryl methyl sites for hydroxylation is 1. The number of nitrogens with one attached hydrogen (secondary N) is 2. The molecule has 1 unspecified atom stereocenters. The average molecular weight is 514 g/mol. The number of hydrogen-bond acceptors (Lipinski definition) is 4. The largest absolute Gasteiger partial charge is 0.416 e. The molecular formula is C22H16ClF4N3O3S. The van der Waals surface area contributed by atoms with Gasteiger partial charge in [-0.05, 0) is 42.8 Å². The van der Waals surface area contributed by atoms with Gasteiger partial charge in [0.2, 0.25) is 0 Å². The number of fused-ring (bicyclic) bond motifs is 1. The molecule has 4 aromatic rings. The van der Waals surface area contributed by atoms with E-state index < -0.39 is 44.3 Å². The minimum atomic E-state index is -4.75. The maximum atomic E-state index is 15.5. The number of aromatic nitrogens is 2. The minimum absolute atomic E-state index is 0.217. The fourth-order valence-electron chi connectivity index (χ4n) is 3.53. The molecule has 0 aliphatic heterocycles. The van der Waals surface area contributed by atoms with Gasteiger partial charge in [-0.2, -0.15) is 13.2 Å². The van der Waals surface area contributed by atoms with Gasteiger partial charge in [-0.25, -0.2) is 17.8 Å². The van der Waals surface area contributed by atoms with E-state index in [1.807, 2.05) is 4.72 Å². The highest BCUT2D eigenvalue weighted by Gasteiger charge is 2.32. The van der Waals surface area contributed by atoms with Crippen molar-refractivity contribution in [3.63, 3.8) is 0 Å². The molecule has 6 nitrogen and oxygen atoms in total. The molecule has 0 aliphatic rings. The summed E-state index contributed by atoms with van der Waals surface area (Å²) in [6.07, 6.45) is -3.45. The lowest BCUT2D eigenvalue weighted by molar-refractivity contribution is -0.137. The maximum Gasteiger partial charge on any atom is 0.416 e. The Morgan fingerprint density at radius 3 is 2.62 bits per heavy atom. The Bertz CT molecular complexity index is 1500. The van der Waals surface area contributed by atoms with Gasteiger partial charge in [0, 0.05) is 28.9 Å². The van der Waals surface area contributed by atoms with Crippen molar-refractivity contribution in [2.45, 2.75) is 24.1 Å². The van der Waals surface area contributed by atoms with Gasteiger partial charge >= 0.3 is 6.18 Å². The number of nitrogens with zero attached hydrogens (tertiary/aromatic N) is 1. The highest BCUT2D eigenvalue weighted by Crippen LogP contribution is 2.36. The molecular weight excluding hydrogens is 498 g/mol. The number of aliphatic hydroxyl groups is 1. The van der Waals surface area contributed by atoms with E-state index in [2.05, 4.69) is 9.97 Å². The van der Waals surface area contributed by atoms with Gasteiger partial charge in [-0.15, -0.1) is 0 Å². The molecule has 0 radical (unpaired) electrons. The molecule has 0 spiro atoms. The summed E-state index contributed by atoms with van der Waals surface area (Å²) in [6, 6.07) is 7.11.